The molecule has 0 radical (unpaired) electrons. The van der Waals surface area contributed by atoms with Crippen LogP contribution in [-0.2, 0) is 6.42 Å². The quantitative estimate of drug-likeness (QED) is 0.606. The number of nitrogens with one attached hydrogen (secondary N) is 2. The van der Waals surface area contributed by atoms with Crippen LogP contribution in [0.5, 0.6) is 0 Å². The van der Waals surface area contributed by atoms with Gasteiger partial charge in [0.1, 0.15) is 11.3 Å². The number of imidazole rings is 1. The minimum atomic E-state index is -0.503. The standard InChI is InChI=1S/C18H14N4O2/c23-17-15-16(20-14(19-15)11-12-7-3-1-4-8-12)21-18(24)22(17)13-9-5-2-6-10-13/h1-10H,11H2,(H,19,20)(H,21,24). The Hall–Kier alpha value is -3.41. The van der Waals surface area contributed by atoms with Crippen molar-refractivity contribution < 1.29 is 0 Å². The number of aromatic nitrogens is 4. The Balaban J connectivity index is 1.85. The molecule has 0 saturated carbocycles. The minimum Gasteiger partial charge on any atom is -0.336 e. The van der Waals surface area contributed by atoms with Gasteiger partial charge in [-0.15, -0.1) is 0 Å². The van der Waals surface area contributed by atoms with Crippen LogP contribution in [0.15, 0.2) is 70.3 Å². The van der Waals surface area contributed by atoms with Crippen molar-refractivity contribution in [2.75, 3.05) is 0 Å². The van der Waals surface area contributed by atoms with E-state index in [0.717, 1.165) is 10.1 Å². The summed E-state index contributed by atoms with van der Waals surface area (Å²) in [5.41, 5.74) is 1.25. The van der Waals surface area contributed by atoms with Crippen LogP contribution in [-0.4, -0.2) is 19.5 Å². The smallest absolute Gasteiger partial charge is 0.334 e. The third-order valence-corrected chi connectivity index (χ3v) is 3.83. The molecule has 6 nitrogen and oxygen atoms in total. The molecule has 4 aromatic rings. The van der Waals surface area contributed by atoms with Crippen molar-refractivity contribution in [3.63, 3.8) is 0 Å². The first-order valence-electron chi connectivity index (χ1n) is 7.55. The lowest BCUT2D eigenvalue weighted by atomic mass is 10.1. The average Bonchev–Trinajstić information content (AvgIpc) is 2.99. The molecule has 2 heterocycles. The molecule has 2 aromatic heterocycles. The predicted molar refractivity (Wildman–Crippen MR) is 91.6 cm³/mol. The molecule has 0 spiro atoms. The van der Waals surface area contributed by atoms with E-state index in [1.165, 1.54) is 0 Å². The summed E-state index contributed by atoms with van der Waals surface area (Å²) >= 11 is 0. The Morgan fingerprint density at radius 1 is 0.875 bits per heavy atom. The maximum Gasteiger partial charge on any atom is 0.334 e. The number of H-pyrrole nitrogens is 2. The normalized spacial score (nSPS) is 11.0. The fraction of sp³-hybridized carbons (Fsp3) is 0.0556. The average molecular weight is 318 g/mol. The minimum absolute atomic E-state index is 0.281. The molecular formula is C18H14N4O2. The van der Waals surface area contributed by atoms with Crippen molar-refractivity contribution in [2.24, 2.45) is 0 Å². The van der Waals surface area contributed by atoms with E-state index in [2.05, 4.69) is 15.0 Å². The Labute approximate surface area is 136 Å². The number of nitrogens with zero attached hydrogens (tertiary/aromatic N) is 2. The molecule has 0 amide bonds. The van der Waals surface area contributed by atoms with Crippen molar-refractivity contribution in [1.29, 1.82) is 0 Å². The first-order valence-corrected chi connectivity index (χ1v) is 7.55. The van der Waals surface area contributed by atoms with E-state index < -0.39 is 11.2 Å². The molecule has 24 heavy (non-hydrogen) atoms. The van der Waals surface area contributed by atoms with Crippen LogP contribution < -0.4 is 11.2 Å². The van der Waals surface area contributed by atoms with Gasteiger partial charge in [0, 0.05) is 6.42 Å². The van der Waals surface area contributed by atoms with Gasteiger partial charge in [0.15, 0.2) is 5.65 Å². The highest BCUT2D eigenvalue weighted by Gasteiger charge is 2.13. The van der Waals surface area contributed by atoms with Crippen LogP contribution in [0.25, 0.3) is 16.9 Å². The molecule has 0 atom stereocenters. The number of rotatable bonds is 3. The zero-order valence-electron chi connectivity index (χ0n) is 12.7. The zero-order chi connectivity index (χ0) is 16.5. The Kier molecular flexibility index (Phi) is 3.35. The summed E-state index contributed by atoms with van der Waals surface area (Å²) in [5.74, 6) is 0.634. The molecule has 118 valence electrons. The number of hydrogen-bond donors (Lipinski definition) is 2. The van der Waals surface area contributed by atoms with E-state index in [1.807, 2.05) is 36.4 Å². The summed E-state index contributed by atoms with van der Waals surface area (Å²) in [6.45, 7) is 0. The summed E-state index contributed by atoms with van der Waals surface area (Å²) in [6.07, 6.45) is 0.558. The van der Waals surface area contributed by atoms with Crippen molar-refractivity contribution in [3.05, 3.63) is 92.9 Å². The van der Waals surface area contributed by atoms with Gasteiger partial charge >= 0.3 is 5.69 Å². The lowest BCUT2D eigenvalue weighted by Gasteiger charge is -2.03. The van der Waals surface area contributed by atoms with Gasteiger partial charge in [-0.2, -0.15) is 0 Å². The monoisotopic (exact) mass is 318 g/mol. The van der Waals surface area contributed by atoms with Crippen LogP contribution in [0.1, 0.15) is 11.4 Å². The van der Waals surface area contributed by atoms with Gasteiger partial charge in [-0.1, -0.05) is 48.5 Å². The second kappa shape index (κ2) is 5.66. The molecule has 2 N–H and O–H groups in total. The summed E-state index contributed by atoms with van der Waals surface area (Å²) < 4.78 is 1.10. The summed E-state index contributed by atoms with van der Waals surface area (Å²) in [4.78, 5) is 35.0. The number of para-hydroxylation sites is 1. The fourth-order valence-electron chi connectivity index (χ4n) is 2.71. The van der Waals surface area contributed by atoms with Crippen molar-refractivity contribution in [3.8, 4) is 5.69 Å². The summed E-state index contributed by atoms with van der Waals surface area (Å²) in [5, 5.41) is 0. The second-order valence-corrected chi connectivity index (χ2v) is 5.48. The van der Waals surface area contributed by atoms with E-state index in [1.54, 1.807) is 24.3 Å². The van der Waals surface area contributed by atoms with Gasteiger partial charge in [-0.25, -0.2) is 14.3 Å². The molecular weight excluding hydrogens is 304 g/mol. The van der Waals surface area contributed by atoms with Crippen molar-refractivity contribution in [1.82, 2.24) is 19.5 Å². The maximum absolute atomic E-state index is 12.7. The number of hydrogen-bond acceptors (Lipinski definition) is 3. The summed E-state index contributed by atoms with van der Waals surface area (Å²) in [6, 6.07) is 18.6. The van der Waals surface area contributed by atoms with Crippen molar-refractivity contribution in [2.45, 2.75) is 6.42 Å². The maximum atomic E-state index is 12.7. The van der Waals surface area contributed by atoms with Crippen LogP contribution in [0.2, 0.25) is 0 Å². The number of benzene rings is 2. The molecule has 0 unspecified atom stereocenters. The van der Waals surface area contributed by atoms with Crippen LogP contribution >= 0.6 is 0 Å². The van der Waals surface area contributed by atoms with E-state index in [9.17, 15) is 9.59 Å². The summed E-state index contributed by atoms with van der Waals surface area (Å²) in [7, 11) is 0. The fourth-order valence-corrected chi connectivity index (χ4v) is 2.71. The van der Waals surface area contributed by atoms with E-state index in [-0.39, 0.29) is 5.65 Å². The third-order valence-electron chi connectivity index (χ3n) is 3.83. The van der Waals surface area contributed by atoms with Crippen LogP contribution in [0, 0.1) is 0 Å². The zero-order valence-corrected chi connectivity index (χ0v) is 12.7. The number of aromatic amines is 2. The highest BCUT2D eigenvalue weighted by atomic mass is 16.2. The first kappa shape index (κ1) is 14.2. The van der Waals surface area contributed by atoms with E-state index >= 15 is 0 Å². The molecule has 0 bridgehead atoms. The molecule has 6 heteroatoms. The molecule has 0 fully saturated rings. The van der Waals surface area contributed by atoms with Crippen LogP contribution in [0.4, 0.5) is 0 Å². The van der Waals surface area contributed by atoms with Gasteiger partial charge in [0.2, 0.25) is 0 Å². The molecule has 2 aromatic carbocycles. The van der Waals surface area contributed by atoms with Gasteiger partial charge in [0.05, 0.1) is 5.69 Å². The van der Waals surface area contributed by atoms with Crippen molar-refractivity contribution >= 4 is 11.2 Å². The highest BCUT2D eigenvalue weighted by molar-refractivity contribution is 5.69. The Morgan fingerprint density at radius 3 is 2.25 bits per heavy atom. The Morgan fingerprint density at radius 2 is 1.54 bits per heavy atom. The Bertz CT molecular complexity index is 1110. The number of fused-ring (bicyclic) bond motifs is 1. The van der Waals surface area contributed by atoms with Gasteiger partial charge < -0.3 is 4.98 Å². The van der Waals surface area contributed by atoms with Gasteiger partial charge in [-0.3, -0.25) is 9.78 Å². The highest BCUT2D eigenvalue weighted by Crippen LogP contribution is 2.09. The lowest BCUT2D eigenvalue weighted by molar-refractivity contribution is 0.896. The second-order valence-electron chi connectivity index (χ2n) is 5.48. The predicted octanol–water partition coefficient (Wildman–Crippen LogP) is 1.99. The topological polar surface area (TPSA) is 83.5 Å². The van der Waals surface area contributed by atoms with Gasteiger partial charge in [-0.05, 0) is 17.7 Å². The molecule has 0 aliphatic heterocycles. The molecule has 0 aliphatic carbocycles. The first-order chi connectivity index (χ1) is 11.7. The lowest BCUT2D eigenvalue weighted by Crippen LogP contribution is -2.33. The van der Waals surface area contributed by atoms with E-state index in [4.69, 9.17) is 0 Å². The van der Waals surface area contributed by atoms with E-state index in [0.29, 0.717) is 23.4 Å². The SMILES string of the molecule is O=c1[nH]c2nc(Cc3ccccc3)[nH]c2c(=O)n1-c1ccccc1. The molecule has 4 rings (SSSR count). The molecule has 0 saturated heterocycles. The largest absolute Gasteiger partial charge is 0.336 e. The van der Waals surface area contributed by atoms with Crippen LogP contribution in [0.3, 0.4) is 0 Å². The third kappa shape index (κ3) is 2.44. The molecule has 0 aliphatic rings. The van der Waals surface area contributed by atoms with Gasteiger partial charge in [0.25, 0.3) is 5.56 Å².